The lowest BCUT2D eigenvalue weighted by Gasteiger charge is -2.33. The van der Waals surface area contributed by atoms with Gasteiger partial charge in [0, 0.05) is 13.2 Å². The Morgan fingerprint density at radius 3 is 2.50 bits per heavy atom. The van der Waals surface area contributed by atoms with Crippen LogP contribution >= 0.6 is 0 Å². The van der Waals surface area contributed by atoms with Gasteiger partial charge in [-0.3, -0.25) is 9.59 Å². The number of carboxylic acid groups (broad SMARTS) is 1. The lowest BCUT2D eigenvalue weighted by atomic mass is 9.74. The first kappa shape index (κ1) is 17.0. The van der Waals surface area contributed by atoms with Crippen LogP contribution in [0.25, 0.3) is 0 Å². The molecule has 1 amide bonds. The van der Waals surface area contributed by atoms with Gasteiger partial charge in [-0.15, -0.1) is 0 Å². The van der Waals surface area contributed by atoms with E-state index in [-0.39, 0.29) is 19.1 Å². The molecule has 0 unspecified atom stereocenters. The van der Waals surface area contributed by atoms with Gasteiger partial charge in [-0.1, -0.05) is 39.0 Å². The van der Waals surface area contributed by atoms with E-state index in [0.717, 1.165) is 38.5 Å². The van der Waals surface area contributed by atoms with Crippen LogP contribution in [0.2, 0.25) is 0 Å². The fraction of sp³-hybridized carbons (Fsp3) is 0.867. The van der Waals surface area contributed by atoms with Gasteiger partial charge in [-0.2, -0.15) is 0 Å². The van der Waals surface area contributed by atoms with Gasteiger partial charge in [-0.25, -0.2) is 0 Å². The van der Waals surface area contributed by atoms with Crippen LogP contribution in [0.3, 0.4) is 0 Å². The number of ether oxygens (including phenoxy) is 1. The van der Waals surface area contributed by atoms with Crippen molar-refractivity contribution in [1.29, 1.82) is 0 Å². The number of unbranched alkanes of at least 4 members (excludes halogenated alkanes) is 2. The number of rotatable bonds is 9. The molecular formula is C15H27NO4. The van der Waals surface area contributed by atoms with Gasteiger partial charge in [0.1, 0.15) is 6.61 Å². The van der Waals surface area contributed by atoms with Gasteiger partial charge >= 0.3 is 5.97 Å². The smallest absolute Gasteiger partial charge is 0.311 e. The largest absolute Gasteiger partial charge is 0.481 e. The molecular weight excluding hydrogens is 258 g/mol. The lowest BCUT2D eigenvalue weighted by Crippen LogP contribution is -2.45. The van der Waals surface area contributed by atoms with Crippen LogP contribution in [0.5, 0.6) is 0 Å². The van der Waals surface area contributed by atoms with Crippen LogP contribution in [0.4, 0.5) is 0 Å². The van der Waals surface area contributed by atoms with E-state index in [0.29, 0.717) is 19.4 Å². The molecule has 0 aromatic rings. The van der Waals surface area contributed by atoms with Crippen molar-refractivity contribution < 1.29 is 19.4 Å². The lowest BCUT2D eigenvalue weighted by molar-refractivity contribution is -0.151. The third kappa shape index (κ3) is 5.49. The van der Waals surface area contributed by atoms with Crippen molar-refractivity contribution >= 4 is 11.9 Å². The SMILES string of the molecule is CCCCCOCC(=O)NCC1(C(=O)O)CCCCC1. The highest BCUT2D eigenvalue weighted by Crippen LogP contribution is 2.35. The first-order chi connectivity index (χ1) is 9.60. The van der Waals surface area contributed by atoms with Crippen LogP contribution in [0.15, 0.2) is 0 Å². The maximum Gasteiger partial charge on any atom is 0.311 e. The number of carbonyl (C=O) groups is 2. The van der Waals surface area contributed by atoms with Gasteiger partial charge in [0.05, 0.1) is 5.41 Å². The molecule has 0 aromatic carbocycles. The van der Waals surface area contributed by atoms with Crippen molar-refractivity contribution in [3.8, 4) is 0 Å². The number of amides is 1. The highest BCUT2D eigenvalue weighted by atomic mass is 16.5. The van der Waals surface area contributed by atoms with Crippen molar-refractivity contribution in [1.82, 2.24) is 5.32 Å². The first-order valence-corrected chi connectivity index (χ1v) is 7.68. The molecule has 116 valence electrons. The van der Waals surface area contributed by atoms with Crippen molar-refractivity contribution in [2.24, 2.45) is 5.41 Å². The van der Waals surface area contributed by atoms with E-state index < -0.39 is 11.4 Å². The summed E-state index contributed by atoms with van der Waals surface area (Å²) >= 11 is 0. The Kier molecular flexibility index (Phi) is 7.59. The normalized spacial score (nSPS) is 17.6. The minimum Gasteiger partial charge on any atom is -0.481 e. The Morgan fingerprint density at radius 1 is 1.20 bits per heavy atom. The minimum atomic E-state index is -0.790. The van der Waals surface area contributed by atoms with Crippen LogP contribution in [-0.4, -0.2) is 36.7 Å². The van der Waals surface area contributed by atoms with Gasteiger partial charge in [0.15, 0.2) is 0 Å². The van der Waals surface area contributed by atoms with E-state index in [1.165, 1.54) is 0 Å². The Bertz CT molecular complexity index is 311. The molecule has 1 fully saturated rings. The van der Waals surface area contributed by atoms with Crippen LogP contribution in [0.1, 0.15) is 58.3 Å². The maximum atomic E-state index is 11.7. The molecule has 1 saturated carbocycles. The second-order valence-corrected chi connectivity index (χ2v) is 5.68. The van der Waals surface area contributed by atoms with E-state index in [1.54, 1.807) is 0 Å². The molecule has 2 N–H and O–H groups in total. The fourth-order valence-corrected chi connectivity index (χ4v) is 2.63. The molecule has 0 radical (unpaired) electrons. The molecule has 1 rings (SSSR count). The third-order valence-corrected chi connectivity index (χ3v) is 4.01. The molecule has 1 aliphatic carbocycles. The molecule has 5 heteroatoms. The fourth-order valence-electron chi connectivity index (χ4n) is 2.63. The number of carbonyl (C=O) groups excluding carboxylic acids is 1. The Labute approximate surface area is 121 Å². The van der Waals surface area contributed by atoms with Gasteiger partial charge in [-0.05, 0) is 19.3 Å². The molecule has 5 nitrogen and oxygen atoms in total. The standard InChI is InChI=1S/C15H27NO4/c1-2-3-7-10-20-11-13(17)16-12-15(14(18)19)8-5-4-6-9-15/h2-12H2,1H3,(H,16,17)(H,18,19). The van der Waals surface area contributed by atoms with E-state index in [9.17, 15) is 14.7 Å². The number of hydrogen-bond donors (Lipinski definition) is 2. The highest BCUT2D eigenvalue weighted by molar-refractivity contribution is 5.79. The summed E-state index contributed by atoms with van der Waals surface area (Å²) in [5.74, 6) is -1.01. The molecule has 0 aromatic heterocycles. The summed E-state index contributed by atoms with van der Waals surface area (Å²) in [6.07, 6.45) is 7.43. The quantitative estimate of drug-likeness (QED) is 0.638. The summed E-state index contributed by atoms with van der Waals surface area (Å²) in [6, 6.07) is 0. The van der Waals surface area contributed by atoms with Gasteiger partial charge in [0.2, 0.25) is 5.91 Å². The second-order valence-electron chi connectivity index (χ2n) is 5.68. The monoisotopic (exact) mass is 285 g/mol. The Balaban J connectivity index is 2.25. The average Bonchev–Trinajstić information content (AvgIpc) is 2.46. The van der Waals surface area contributed by atoms with Crippen molar-refractivity contribution in [3.05, 3.63) is 0 Å². The molecule has 0 atom stereocenters. The number of carboxylic acids is 1. The van der Waals surface area contributed by atoms with Gasteiger partial charge < -0.3 is 15.2 Å². The van der Waals surface area contributed by atoms with Crippen LogP contribution in [-0.2, 0) is 14.3 Å². The van der Waals surface area contributed by atoms with E-state index >= 15 is 0 Å². The number of hydrogen-bond acceptors (Lipinski definition) is 3. The summed E-state index contributed by atoms with van der Waals surface area (Å²) in [5.41, 5.74) is -0.768. The molecule has 0 spiro atoms. The van der Waals surface area contributed by atoms with Gasteiger partial charge in [0.25, 0.3) is 0 Å². The zero-order chi connectivity index (χ0) is 14.8. The third-order valence-electron chi connectivity index (χ3n) is 4.01. The molecule has 0 saturated heterocycles. The van der Waals surface area contributed by atoms with Crippen molar-refractivity contribution in [3.63, 3.8) is 0 Å². The zero-order valence-corrected chi connectivity index (χ0v) is 12.5. The summed E-state index contributed by atoms with van der Waals surface area (Å²) in [6.45, 7) is 2.95. The van der Waals surface area contributed by atoms with E-state index in [2.05, 4.69) is 12.2 Å². The topological polar surface area (TPSA) is 75.6 Å². The van der Waals surface area contributed by atoms with Crippen LogP contribution < -0.4 is 5.32 Å². The molecule has 0 aliphatic heterocycles. The Morgan fingerprint density at radius 2 is 1.90 bits per heavy atom. The van der Waals surface area contributed by atoms with Crippen molar-refractivity contribution in [2.45, 2.75) is 58.3 Å². The maximum absolute atomic E-state index is 11.7. The molecule has 0 heterocycles. The summed E-state index contributed by atoms with van der Waals surface area (Å²) in [7, 11) is 0. The van der Waals surface area contributed by atoms with Crippen molar-refractivity contribution in [2.75, 3.05) is 19.8 Å². The summed E-state index contributed by atoms with van der Waals surface area (Å²) in [5, 5.41) is 12.1. The summed E-state index contributed by atoms with van der Waals surface area (Å²) < 4.78 is 5.27. The van der Waals surface area contributed by atoms with Crippen LogP contribution in [0, 0.1) is 5.41 Å². The second kappa shape index (κ2) is 8.95. The predicted molar refractivity (Wildman–Crippen MR) is 76.5 cm³/mol. The van der Waals surface area contributed by atoms with E-state index in [4.69, 9.17) is 4.74 Å². The van der Waals surface area contributed by atoms with E-state index in [1.807, 2.05) is 0 Å². The average molecular weight is 285 g/mol. The highest BCUT2D eigenvalue weighted by Gasteiger charge is 2.39. The summed E-state index contributed by atoms with van der Waals surface area (Å²) in [4.78, 5) is 23.1. The molecule has 0 bridgehead atoms. The molecule has 1 aliphatic rings. The minimum absolute atomic E-state index is 0.0272. The number of nitrogens with one attached hydrogen (secondary N) is 1. The Hall–Kier alpha value is -1.10. The zero-order valence-electron chi connectivity index (χ0n) is 12.5. The predicted octanol–water partition coefficient (Wildman–Crippen LogP) is 2.34. The number of aliphatic carboxylic acids is 1. The first-order valence-electron chi connectivity index (χ1n) is 7.68. The molecule has 20 heavy (non-hydrogen) atoms.